The molecule has 1 heterocycles. The number of aromatic nitrogens is 2. The van der Waals surface area contributed by atoms with Crippen molar-refractivity contribution in [3.05, 3.63) is 46.1 Å². The highest BCUT2D eigenvalue weighted by atomic mass is 16.6. The zero-order chi connectivity index (χ0) is 19.3. The summed E-state index contributed by atoms with van der Waals surface area (Å²) < 4.78 is 1.68. The molecule has 8 nitrogen and oxygen atoms in total. The molecule has 0 aliphatic rings. The molecule has 0 aliphatic heterocycles. The van der Waals surface area contributed by atoms with Crippen molar-refractivity contribution in [1.29, 1.82) is 0 Å². The molecule has 0 saturated heterocycles. The zero-order valence-corrected chi connectivity index (χ0v) is 15.2. The first kappa shape index (κ1) is 19.6. The molecule has 0 radical (unpaired) electrons. The van der Waals surface area contributed by atoms with Gasteiger partial charge in [-0.2, -0.15) is 5.10 Å². The Bertz CT molecular complexity index is 768. The lowest BCUT2D eigenvalue weighted by Gasteiger charge is -2.15. The van der Waals surface area contributed by atoms with Gasteiger partial charge in [0.2, 0.25) is 0 Å². The lowest BCUT2D eigenvalue weighted by Crippen LogP contribution is -2.29. The molecule has 1 aromatic heterocycles. The second kappa shape index (κ2) is 8.57. The van der Waals surface area contributed by atoms with E-state index in [1.807, 2.05) is 20.0 Å². The van der Waals surface area contributed by atoms with Crippen LogP contribution in [0.3, 0.4) is 0 Å². The summed E-state index contributed by atoms with van der Waals surface area (Å²) in [7, 11) is 1.80. The molecule has 0 spiro atoms. The molecular formula is C18H24N4O4. The largest absolute Gasteiger partial charge is 0.481 e. The van der Waals surface area contributed by atoms with Crippen LogP contribution in [0.4, 0.5) is 5.69 Å². The molecule has 0 bridgehead atoms. The van der Waals surface area contributed by atoms with Gasteiger partial charge in [0.05, 0.1) is 16.5 Å². The van der Waals surface area contributed by atoms with Gasteiger partial charge < -0.3 is 10.4 Å². The summed E-state index contributed by atoms with van der Waals surface area (Å²) in [5, 5.41) is 27.7. The van der Waals surface area contributed by atoms with E-state index in [0.717, 1.165) is 16.8 Å². The minimum atomic E-state index is -0.798. The third-order valence-corrected chi connectivity index (χ3v) is 4.07. The molecule has 8 heteroatoms. The Morgan fingerprint density at radius 1 is 1.35 bits per heavy atom. The van der Waals surface area contributed by atoms with E-state index in [2.05, 4.69) is 10.4 Å². The van der Waals surface area contributed by atoms with Crippen molar-refractivity contribution in [1.82, 2.24) is 15.1 Å². The van der Waals surface area contributed by atoms with Gasteiger partial charge in [-0.15, -0.1) is 0 Å². The van der Waals surface area contributed by atoms with Crippen molar-refractivity contribution < 1.29 is 14.8 Å². The van der Waals surface area contributed by atoms with E-state index in [1.54, 1.807) is 23.9 Å². The summed E-state index contributed by atoms with van der Waals surface area (Å²) in [6, 6.07) is 6.24. The van der Waals surface area contributed by atoms with Crippen LogP contribution in [0, 0.1) is 22.0 Å². The number of hydrogen-bond acceptors (Lipinski definition) is 5. The van der Waals surface area contributed by atoms with Crippen LogP contribution in [-0.2, 0) is 18.4 Å². The van der Waals surface area contributed by atoms with Gasteiger partial charge in [0, 0.05) is 49.6 Å². The van der Waals surface area contributed by atoms with Crippen molar-refractivity contribution in [2.24, 2.45) is 18.9 Å². The first-order chi connectivity index (χ1) is 12.3. The van der Waals surface area contributed by atoms with Gasteiger partial charge in [-0.1, -0.05) is 13.8 Å². The summed E-state index contributed by atoms with van der Waals surface area (Å²) in [5.74, 6) is -0.922. The molecule has 2 N–H and O–H groups in total. The number of nitrogens with zero attached hydrogens (tertiary/aromatic N) is 3. The maximum Gasteiger partial charge on any atom is 0.307 e. The molecule has 0 saturated carbocycles. The van der Waals surface area contributed by atoms with Crippen LogP contribution in [0.15, 0.2) is 30.5 Å². The number of nitro groups is 1. The second-order valence-electron chi connectivity index (χ2n) is 6.78. The average Bonchev–Trinajstić information content (AvgIpc) is 2.94. The molecule has 0 aliphatic carbocycles. The first-order valence-electron chi connectivity index (χ1n) is 8.48. The maximum atomic E-state index is 11.3. The second-order valence-corrected chi connectivity index (χ2v) is 6.78. The molecule has 1 unspecified atom stereocenters. The van der Waals surface area contributed by atoms with Crippen molar-refractivity contribution in [3.63, 3.8) is 0 Å². The standard InChI is InChI=1S/C18H24N4O4/c1-12(2)8-14(18(23)24)9-19-10-15-11-21(3)20-17(15)13-4-6-16(7-5-13)22(25)26/h4-7,11-12,14,19H,8-10H2,1-3H3,(H,23,24). The quantitative estimate of drug-likeness (QED) is 0.525. The minimum absolute atomic E-state index is 0.0299. The van der Waals surface area contributed by atoms with Crippen molar-refractivity contribution in [2.75, 3.05) is 6.54 Å². The van der Waals surface area contributed by atoms with Gasteiger partial charge in [-0.25, -0.2) is 0 Å². The topological polar surface area (TPSA) is 110 Å². The van der Waals surface area contributed by atoms with Crippen LogP contribution >= 0.6 is 0 Å². The number of nitrogens with one attached hydrogen (secondary N) is 1. The number of aliphatic carboxylic acids is 1. The van der Waals surface area contributed by atoms with E-state index < -0.39 is 16.8 Å². The third kappa shape index (κ3) is 5.13. The molecule has 1 aromatic carbocycles. The van der Waals surface area contributed by atoms with Crippen molar-refractivity contribution in [2.45, 2.75) is 26.8 Å². The zero-order valence-electron chi connectivity index (χ0n) is 15.2. The summed E-state index contributed by atoms with van der Waals surface area (Å²) in [4.78, 5) is 21.7. The highest BCUT2D eigenvalue weighted by molar-refractivity contribution is 5.70. The summed E-state index contributed by atoms with van der Waals surface area (Å²) in [6.45, 7) is 4.86. The number of carboxylic acid groups (broad SMARTS) is 1. The molecule has 1 atom stereocenters. The summed E-state index contributed by atoms with van der Waals surface area (Å²) in [5.41, 5.74) is 2.45. The predicted octanol–water partition coefficient (Wildman–Crippen LogP) is 2.83. The lowest BCUT2D eigenvalue weighted by molar-refractivity contribution is -0.384. The van der Waals surface area contributed by atoms with Crippen LogP contribution < -0.4 is 5.32 Å². The highest BCUT2D eigenvalue weighted by Crippen LogP contribution is 2.24. The van der Waals surface area contributed by atoms with E-state index in [9.17, 15) is 20.0 Å². The Kier molecular flexibility index (Phi) is 6.46. The molecule has 0 amide bonds. The lowest BCUT2D eigenvalue weighted by atomic mass is 9.97. The number of rotatable bonds is 9. The van der Waals surface area contributed by atoms with Gasteiger partial charge in [0.15, 0.2) is 0 Å². The number of hydrogen-bond donors (Lipinski definition) is 2. The number of non-ortho nitro benzene ring substituents is 1. The summed E-state index contributed by atoms with van der Waals surface area (Å²) in [6.07, 6.45) is 2.48. The van der Waals surface area contributed by atoms with Crippen LogP contribution in [0.5, 0.6) is 0 Å². The van der Waals surface area contributed by atoms with Crippen LogP contribution in [0.2, 0.25) is 0 Å². The van der Waals surface area contributed by atoms with E-state index >= 15 is 0 Å². The fraction of sp³-hybridized carbons (Fsp3) is 0.444. The Morgan fingerprint density at radius 2 is 2.00 bits per heavy atom. The van der Waals surface area contributed by atoms with Gasteiger partial charge in [-0.05, 0) is 24.5 Å². The van der Waals surface area contributed by atoms with Gasteiger partial charge in [0.25, 0.3) is 5.69 Å². The Hall–Kier alpha value is -2.74. The fourth-order valence-corrected chi connectivity index (χ4v) is 2.87. The van der Waals surface area contributed by atoms with Crippen LogP contribution in [0.1, 0.15) is 25.8 Å². The van der Waals surface area contributed by atoms with Crippen LogP contribution in [0.25, 0.3) is 11.3 Å². The van der Waals surface area contributed by atoms with Gasteiger partial charge in [-0.3, -0.25) is 19.6 Å². The Morgan fingerprint density at radius 3 is 2.54 bits per heavy atom. The van der Waals surface area contributed by atoms with Gasteiger partial charge in [0.1, 0.15) is 0 Å². The normalized spacial score (nSPS) is 12.3. The van der Waals surface area contributed by atoms with E-state index in [4.69, 9.17) is 0 Å². The first-order valence-corrected chi connectivity index (χ1v) is 8.48. The number of benzene rings is 1. The fourth-order valence-electron chi connectivity index (χ4n) is 2.87. The molecule has 2 rings (SSSR count). The average molecular weight is 360 g/mol. The molecule has 0 fully saturated rings. The smallest absolute Gasteiger partial charge is 0.307 e. The number of nitro benzene ring substituents is 1. The minimum Gasteiger partial charge on any atom is -0.481 e. The van der Waals surface area contributed by atoms with E-state index in [-0.39, 0.29) is 5.69 Å². The highest BCUT2D eigenvalue weighted by Gasteiger charge is 2.19. The maximum absolute atomic E-state index is 11.3. The number of carbonyl (C=O) groups is 1. The van der Waals surface area contributed by atoms with Crippen molar-refractivity contribution in [3.8, 4) is 11.3 Å². The third-order valence-electron chi connectivity index (χ3n) is 4.07. The Balaban J connectivity index is 2.09. The Labute approximate surface area is 152 Å². The van der Waals surface area contributed by atoms with Gasteiger partial charge >= 0.3 is 5.97 Å². The molecule has 26 heavy (non-hydrogen) atoms. The molecule has 140 valence electrons. The van der Waals surface area contributed by atoms with E-state index in [0.29, 0.717) is 25.4 Å². The van der Waals surface area contributed by atoms with Crippen molar-refractivity contribution >= 4 is 11.7 Å². The molecule has 2 aromatic rings. The van der Waals surface area contributed by atoms with Crippen LogP contribution in [-0.4, -0.2) is 32.3 Å². The molecular weight excluding hydrogens is 336 g/mol. The SMILES string of the molecule is CC(C)CC(CNCc1cn(C)nc1-c1ccc([N+](=O)[O-])cc1)C(=O)O. The number of aryl methyl sites for hydroxylation is 1. The monoisotopic (exact) mass is 360 g/mol. The number of carboxylic acids is 1. The predicted molar refractivity (Wildman–Crippen MR) is 97.6 cm³/mol. The summed E-state index contributed by atoms with van der Waals surface area (Å²) >= 11 is 0. The van der Waals surface area contributed by atoms with E-state index in [1.165, 1.54) is 12.1 Å².